The molecule has 0 spiro atoms. The van der Waals surface area contributed by atoms with Crippen LogP contribution in [0.25, 0.3) is 0 Å². The highest BCUT2D eigenvalue weighted by atomic mass is 16.5. The molecule has 5 nitrogen and oxygen atoms in total. The topological polar surface area (TPSA) is 56.6 Å². The Morgan fingerprint density at radius 2 is 2.05 bits per heavy atom. The van der Waals surface area contributed by atoms with Gasteiger partial charge in [0.25, 0.3) is 5.91 Å². The highest BCUT2D eigenvalue weighted by molar-refractivity contribution is 5.78. The van der Waals surface area contributed by atoms with Gasteiger partial charge in [-0.3, -0.25) is 4.79 Å². The van der Waals surface area contributed by atoms with Crippen LogP contribution in [0.2, 0.25) is 0 Å². The molecule has 1 fully saturated rings. The number of benzene rings is 1. The summed E-state index contributed by atoms with van der Waals surface area (Å²) in [4.78, 5) is 16.2. The molecule has 5 heteroatoms. The monoisotopic (exact) mass is 287 g/mol. The molecule has 0 saturated carbocycles. The lowest BCUT2D eigenvalue weighted by molar-refractivity contribution is -0.132. The maximum absolute atomic E-state index is 12.2. The van der Waals surface area contributed by atoms with Gasteiger partial charge in [0, 0.05) is 19.1 Å². The van der Waals surface area contributed by atoms with E-state index >= 15 is 0 Å². The maximum atomic E-state index is 12.2. The lowest BCUT2D eigenvalue weighted by Crippen LogP contribution is -2.37. The van der Waals surface area contributed by atoms with E-state index in [9.17, 15) is 4.79 Å². The van der Waals surface area contributed by atoms with Crippen LogP contribution in [-0.2, 0) is 4.79 Å². The summed E-state index contributed by atoms with van der Waals surface area (Å²) in [6.45, 7) is 3.74. The minimum Gasteiger partial charge on any atom is -0.484 e. The van der Waals surface area contributed by atoms with Gasteiger partial charge in [0.05, 0.1) is 11.6 Å². The van der Waals surface area contributed by atoms with E-state index in [2.05, 4.69) is 11.8 Å². The lowest BCUT2D eigenvalue weighted by Gasteiger charge is -2.22. The molecule has 112 valence electrons. The average molecular weight is 287 g/mol. The number of likely N-dealkylation sites (tertiary alicyclic amines) is 1. The van der Waals surface area contributed by atoms with Gasteiger partial charge in [-0.2, -0.15) is 5.26 Å². The predicted octanol–water partition coefficient (Wildman–Crippen LogP) is 1.35. The summed E-state index contributed by atoms with van der Waals surface area (Å²) in [7, 11) is 4.09. The molecular formula is C16H21N3O2. The molecule has 1 aromatic carbocycles. The van der Waals surface area contributed by atoms with E-state index < -0.39 is 0 Å². The van der Waals surface area contributed by atoms with Crippen molar-refractivity contribution in [2.45, 2.75) is 13.0 Å². The van der Waals surface area contributed by atoms with Crippen molar-refractivity contribution in [3.8, 4) is 11.8 Å². The molecule has 1 heterocycles. The van der Waals surface area contributed by atoms with E-state index in [0.717, 1.165) is 13.1 Å². The minimum atomic E-state index is 0.00978. The number of carbonyl (C=O) groups is 1. The molecule has 1 saturated heterocycles. The number of hydrogen-bond donors (Lipinski definition) is 0. The molecule has 1 amide bonds. The van der Waals surface area contributed by atoms with Crippen LogP contribution in [0.5, 0.6) is 5.75 Å². The number of rotatable bonds is 4. The molecule has 0 radical (unpaired) electrons. The van der Waals surface area contributed by atoms with Gasteiger partial charge in [0.2, 0.25) is 0 Å². The summed E-state index contributed by atoms with van der Waals surface area (Å²) >= 11 is 0. The van der Waals surface area contributed by atoms with Crippen LogP contribution in [0.3, 0.4) is 0 Å². The van der Waals surface area contributed by atoms with E-state index in [-0.39, 0.29) is 12.5 Å². The quantitative estimate of drug-likeness (QED) is 0.838. The van der Waals surface area contributed by atoms with E-state index in [4.69, 9.17) is 10.00 Å². The number of ether oxygens (including phenoxy) is 1. The van der Waals surface area contributed by atoms with Crippen LogP contribution >= 0.6 is 0 Å². The maximum Gasteiger partial charge on any atom is 0.260 e. The second kappa shape index (κ2) is 6.59. The summed E-state index contributed by atoms with van der Waals surface area (Å²) in [6.07, 6.45) is 0. The van der Waals surface area contributed by atoms with Crippen molar-refractivity contribution in [3.05, 3.63) is 29.8 Å². The molecule has 2 rings (SSSR count). The fraction of sp³-hybridized carbons (Fsp3) is 0.500. The number of hydrogen-bond acceptors (Lipinski definition) is 4. The van der Waals surface area contributed by atoms with Gasteiger partial charge in [0.15, 0.2) is 6.61 Å². The number of likely N-dealkylation sites (N-methyl/N-ethyl adjacent to an activating group) is 1. The Bertz CT molecular complexity index is 533. The van der Waals surface area contributed by atoms with Crippen LogP contribution in [0.1, 0.15) is 12.5 Å². The molecule has 1 aliphatic heterocycles. The molecule has 2 unspecified atom stereocenters. The van der Waals surface area contributed by atoms with E-state index in [1.807, 2.05) is 25.1 Å². The summed E-state index contributed by atoms with van der Waals surface area (Å²) < 4.78 is 5.50. The Kier molecular flexibility index (Phi) is 4.81. The van der Waals surface area contributed by atoms with Gasteiger partial charge in [-0.25, -0.2) is 0 Å². The third-order valence-corrected chi connectivity index (χ3v) is 3.93. The summed E-state index contributed by atoms with van der Waals surface area (Å²) in [5.41, 5.74) is 0.580. The largest absolute Gasteiger partial charge is 0.484 e. The number of carbonyl (C=O) groups excluding carboxylic acids is 1. The van der Waals surface area contributed by atoms with Crippen molar-refractivity contribution in [3.63, 3.8) is 0 Å². The number of amides is 1. The standard InChI is InChI=1S/C16H21N3O2/c1-12-9-19(10-15(12)18(2)3)16(20)11-21-14-6-4-13(8-17)5-7-14/h4-7,12,15H,9-11H2,1-3H3. The van der Waals surface area contributed by atoms with Gasteiger partial charge in [-0.05, 0) is 44.3 Å². The summed E-state index contributed by atoms with van der Waals surface area (Å²) in [5, 5.41) is 8.73. The van der Waals surface area contributed by atoms with Crippen LogP contribution in [0.15, 0.2) is 24.3 Å². The average Bonchev–Trinajstić information content (AvgIpc) is 2.87. The fourth-order valence-corrected chi connectivity index (χ4v) is 2.69. The number of nitrogens with zero attached hydrogens (tertiary/aromatic N) is 3. The van der Waals surface area contributed by atoms with Gasteiger partial charge >= 0.3 is 0 Å². The molecule has 0 bridgehead atoms. The smallest absolute Gasteiger partial charge is 0.260 e. The molecule has 1 aliphatic rings. The first-order valence-corrected chi connectivity index (χ1v) is 7.08. The van der Waals surface area contributed by atoms with Crippen molar-refractivity contribution in [1.29, 1.82) is 5.26 Å². The van der Waals surface area contributed by atoms with Crippen LogP contribution < -0.4 is 4.74 Å². The molecule has 0 N–H and O–H groups in total. The van der Waals surface area contributed by atoms with E-state index in [1.165, 1.54) is 0 Å². The normalized spacial score (nSPS) is 21.4. The van der Waals surface area contributed by atoms with Crippen molar-refractivity contribution in [1.82, 2.24) is 9.80 Å². The van der Waals surface area contributed by atoms with Gasteiger partial charge in [-0.15, -0.1) is 0 Å². The van der Waals surface area contributed by atoms with Crippen LogP contribution in [-0.4, -0.2) is 55.5 Å². The number of nitriles is 1. The second-order valence-electron chi connectivity index (χ2n) is 5.73. The Morgan fingerprint density at radius 1 is 1.38 bits per heavy atom. The molecule has 1 aromatic rings. The fourth-order valence-electron chi connectivity index (χ4n) is 2.69. The Hall–Kier alpha value is -2.06. The first-order valence-electron chi connectivity index (χ1n) is 7.08. The molecule has 0 aromatic heterocycles. The highest BCUT2D eigenvalue weighted by Crippen LogP contribution is 2.20. The van der Waals surface area contributed by atoms with Crippen molar-refractivity contribution in [2.75, 3.05) is 33.8 Å². The predicted molar refractivity (Wildman–Crippen MR) is 79.9 cm³/mol. The Balaban J connectivity index is 1.86. The molecule has 2 atom stereocenters. The SMILES string of the molecule is CC1CN(C(=O)COc2ccc(C#N)cc2)CC1N(C)C. The molecule has 0 aliphatic carbocycles. The first kappa shape index (κ1) is 15.3. The van der Waals surface area contributed by atoms with Crippen molar-refractivity contribution >= 4 is 5.91 Å². The molecule has 21 heavy (non-hydrogen) atoms. The van der Waals surface area contributed by atoms with E-state index in [1.54, 1.807) is 24.3 Å². The van der Waals surface area contributed by atoms with Crippen LogP contribution in [0.4, 0.5) is 0 Å². The first-order chi connectivity index (χ1) is 10.0. The summed E-state index contributed by atoms with van der Waals surface area (Å²) in [5.74, 6) is 1.09. The lowest BCUT2D eigenvalue weighted by atomic mass is 10.1. The van der Waals surface area contributed by atoms with E-state index in [0.29, 0.717) is 23.3 Å². The Morgan fingerprint density at radius 3 is 2.57 bits per heavy atom. The van der Waals surface area contributed by atoms with Gasteiger partial charge in [-0.1, -0.05) is 6.92 Å². The highest BCUT2D eigenvalue weighted by Gasteiger charge is 2.33. The third-order valence-electron chi connectivity index (χ3n) is 3.93. The van der Waals surface area contributed by atoms with Crippen molar-refractivity contribution in [2.24, 2.45) is 5.92 Å². The van der Waals surface area contributed by atoms with Gasteiger partial charge < -0.3 is 14.5 Å². The zero-order valence-electron chi connectivity index (χ0n) is 12.7. The Labute approximate surface area is 125 Å². The zero-order chi connectivity index (χ0) is 15.4. The van der Waals surface area contributed by atoms with Crippen LogP contribution in [0, 0.1) is 17.2 Å². The second-order valence-corrected chi connectivity index (χ2v) is 5.73. The van der Waals surface area contributed by atoms with Gasteiger partial charge in [0.1, 0.15) is 5.75 Å². The zero-order valence-corrected chi connectivity index (χ0v) is 12.7. The molecular weight excluding hydrogens is 266 g/mol. The third kappa shape index (κ3) is 3.73. The van der Waals surface area contributed by atoms with Crippen molar-refractivity contribution < 1.29 is 9.53 Å². The summed E-state index contributed by atoms with van der Waals surface area (Å²) in [6, 6.07) is 9.23. The minimum absolute atomic E-state index is 0.00978.